The smallest absolute Gasteiger partial charge is 0.201 e. The Balaban J connectivity index is 2.08. The van der Waals surface area contributed by atoms with Gasteiger partial charge in [0.05, 0.1) is 21.6 Å². The zero-order valence-electron chi connectivity index (χ0n) is 10.6. The molecule has 0 radical (unpaired) electrons. The minimum Gasteiger partial charge on any atom is -0.381 e. The van der Waals surface area contributed by atoms with Crippen LogP contribution in [0.25, 0.3) is 11.0 Å². The van der Waals surface area contributed by atoms with Crippen molar-refractivity contribution in [3.63, 3.8) is 0 Å². The quantitative estimate of drug-likeness (QED) is 0.921. The van der Waals surface area contributed by atoms with Gasteiger partial charge in [0.1, 0.15) is 5.82 Å². The van der Waals surface area contributed by atoms with E-state index in [4.69, 9.17) is 10.5 Å². The van der Waals surface area contributed by atoms with Gasteiger partial charge in [-0.2, -0.15) is 0 Å². The van der Waals surface area contributed by atoms with Crippen LogP contribution in [-0.4, -0.2) is 22.8 Å². The molecular weight excluding hydrogens is 313 g/mol. The van der Waals surface area contributed by atoms with Crippen LogP contribution < -0.4 is 5.73 Å². The molecule has 1 aliphatic rings. The van der Waals surface area contributed by atoms with Gasteiger partial charge in [0.15, 0.2) is 0 Å². The van der Waals surface area contributed by atoms with Crippen LogP contribution in [0.5, 0.6) is 0 Å². The van der Waals surface area contributed by atoms with E-state index in [0.29, 0.717) is 15.9 Å². The summed E-state index contributed by atoms with van der Waals surface area (Å²) in [5.41, 5.74) is 7.46. The number of nitrogens with two attached hydrogens (primary N) is 1. The SMILES string of the molecule is COC1CCC(n2c(N)nc3cc(F)c(Br)cc32)C1. The van der Waals surface area contributed by atoms with Crippen molar-refractivity contribution in [1.29, 1.82) is 0 Å². The monoisotopic (exact) mass is 327 g/mol. The van der Waals surface area contributed by atoms with E-state index >= 15 is 0 Å². The van der Waals surface area contributed by atoms with Crippen LogP contribution >= 0.6 is 15.9 Å². The van der Waals surface area contributed by atoms with Crippen LogP contribution in [0.1, 0.15) is 25.3 Å². The normalized spacial score (nSPS) is 23.3. The Kier molecular flexibility index (Phi) is 3.22. The third-order valence-corrected chi connectivity index (χ3v) is 4.42. The fraction of sp³-hybridized carbons (Fsp3) is 0.462. The van der Waals surface area contributed by atoms with Crippen molar-refractivity contribution in [3.05, 3.63) is 22.4 Å². The number of rotatable bonds is 2. The van der Waals surface area contributed by atoms with E-state index in [0.717, 1.165) is 24.8 Å². The number of anilines is 1. The highest BCUT2D eigenvalue weighted by molar-refractivity contribution is 9.10. The summed E-state index contributed by atoms with van der Waals surface area (Å²) in [6.45, 7) is 0. The van der Waals surface area contributed by atoms with Crippen LogP contribution in [0.4, 0.5) is 10.3 Å². The van der Waals surface area contributed by atoms with E-state index in [-0.39, 0.29) is 18.0 Å². The molecule has 0 spiro atoms. The third kappa shape index (κ3) is 2.12. The molecule has 1 heterocycles. The largest absolute Gasteiger partial charge is 0.381 e. The number of hydrogen-bond donors (Lipinski definition) is 1. The van der Waals surface area contributed by atoms with Crippen molar-refractivity contribution in [3.8, 4) is 0 Å². The van der Waals surface area contributed by atoms with Gasteiger partial charge in [0.2, 0.25) is 5.95 Å². The lowest BCUT2D eigenvalue weighted by Gasteiger charge is -2.15. The Morgan fingerprint density at radius 3 is 2.95 bits per heavy atom. The Morgan fingerprint density at radius 1 is 1.47 bits per heavy atom. The number of aromatic nitrogens is 2. The summed E-state index contributed by atoms with van der Waals surface area (Å²) in [7, 11) is 1.73. The lowest BCUT2D eigenvalue weighted by atomic mass is 10.2. The summed E-state index contributed by atoms with van der Waals surface area (Å²) in [6.07, 6.45) is 3.21. The van der Waals surface area contributed by atoms with Gasteiger partial charge >= 0.3 is 0 Å². The van der Waals surface area contributed by atoms with E-state index in [1.165, 1.54) is 6.07 Å². The number of nitrogens with zero attached hydrogens (tertiary/aromatic N) is 2. The summed E-state index contributed by atoms with van der Waals surface area (Å²) < 4.78 is 21.3. The van der Waals surface area contributed by atoms with Gasteiger partial charge in [0.25, 0.3) is 0 Å². The topological polar surface area (TPSA) is 53.1 Å². The molecule has 1 fully saturated rings. The highest BCUT2D eigenvalue weighted by Crippen LogP contribution is 2.36. The molecule has 1 aromatic heterocycles. The van der Waals surface area contributed by atoms with E-state index in [9.17, 15) is 4.39 Å². The molecule has 4 nitrogen and oxygen atoms in total. The number of halogens is 2. The Bertz CT molecular complexity index is 628. The highest BCUT2D eigenvalue weighted by atomic mass is 79.9. The molecule has 6 heteroatoms. The van der Waals surface area contributed by atoms with Gasteiger partial charge in [-0.3, -0.25) is 0 Å². The molecule has 1 saturated carbocycles. The number of methoxy groups -OCH3 is 1. The van der Waals surface area contributed by atoms with Crippen molar-refractivity contribution in [2.45, 2.75) is 31.4 Å². The van der Waals surface area contributed by atoms with Gasteiger partial charge in [-0.25, -0.2) is 9.37 Å². The zero-order chi connectivity index (χ0) is 13.6. The molecule has 0 aliphatic heterocycles. The number of nitrogen functional groups attached to an aromatic ring is 1. The maximum atomic E-state index is 13.5. The lowest BCUT2D eigenvalue weighted by Crippen LogP contribution is -2.11. The van der Waals surface area contributed by atoms with Gasteiger partial charge in [0, 0.05) is 19.2 Å². The molecule has 2 atom stereocenters. The molecular formula is C13H15BrFN3O. The van der Waals surface area contributed by atoms with Crippen LogP contribution in [0.15, 0.2) is 16.6 Å². The second kappa shape index (κ2) is 4.76. The maximum Gasteiger partial charge on any atom is 0.201 e. The maximum absolute atomic E-state index is 13.5. The first-order valence-corrected chi connectivity index (χ1v) is 7.04. The standard InChI is InChI=1S/C13H15BrFN3O/c1-19-8-3-2-7(4-8)18-12-5-9(14)10(15)6-11(12)17-13(18)16/h5-8H,2-4H2,1H3,(H2,16,17). The molecule has 2 N–H and O–H groups in total. The molecule has 1 aromatic carbocycles. The lowest BCUT2D eigenvalue weighted by molar-refractivity contribution is 0.106. The van der Waals surface area contributed by atoms with Gasteiger partial charge in [-0.1, -0.05) is 0 Å². The summed E-state index contributed by atoms with van der Waals surface area (Å²) in [5, 5.41) is 0. The average molecular weight is 328 g/mol. The van der Waals surface area contributed by atoms with Gasteiger partial charge in [-0.15, -0.1) is 0 Å². The molecule has 2 unspecified atom stereocenters. The van der Waals surface area contributed by atoms with E-state index in [2.05, 4.69) is 20.9 Å². The first-order valence-electron chi connectivity index (χ1n) is 6.25. The summed E-state index contributed by atoms with van der Waals surface area (Å²) in [6, 6.07) is 3.43. The van der Waals surface area contributed by atoms with E-state index < -0.39 is 0 Å². The number of fused-ring (bicyclic) bond motifs is 1. The summed E-state index contributed by atoms with van der Waals surface area (Å²) in [5.74, 6) is 0.118. The zero-order valence-corrected chi connectivity index (χ0v) is 12.2. The average Bonchev–Trinajstić information content (AvgIpc) is 2.94. The van der Waals surface area contributed by atoms with Crippen molar-refractivity contribution >= 4 is 32.9 Å². The first kappa shape index (κ1) is 12.9. The number of benzene rings is 1. The molecule has 0 saturated heterocycles. The number of hydrogen-bond acceptors (Lipinski definition) is 3. The van der Waals surface area contributed by atoms with Gasteiger partial charge < -0.3 is 15.0 Å². The van der Waals surface area contributed by atoms with Crippen molar-refractivity contribution in [2.75, 3.05) is 12.8 Å². The molecule has 0 bridgehead atoms. The summed E-state index contributed by atoms with van der Waals surface area (Å²) in [4.78, 5) is 4.25. The van der Waals surface area contributed by atoms with Crippen molar-refractivity contribution in [2.24, 2.45) is 0 Å². The number of ether oxygens (including phenoxy) is 1. The van der Waals surface area contributed by atoms with Crippen LogP contribution in [0.3, 0.4) is 0 Å². The van der Waals surface area contributed by atoms with Crippen molar-refractivity contribution in [1.82, 2.24) is 9.55 Å². The number of imidazole rings is 1. The highest BCUT2D eigenvalue weighted by Gasteiger charge is 2.28. The minimum atomic E-state index is -0.321. The second-order valence-electron chi connectivity index (χ2n) is 4.92. The van der Waals surface area contributed by atoms with E-state index in [1.807, 2.05) is 4.57 Å². The van der Waals surface area contributed by atoms with Crippen LogP contribution in [0.2, 0.25) is 0 Å². The molecule has 2 aromatic rings. The van der Waals surface area contributed by atoms with Crippen LogP contribution in [-0.2, 0) is 4.74 Å². The Morgan fingerprint density at radius 2 is 2.26 bits per heavy atom. The molecule has 19 heavy (non-hydrogen) atoms. The predicted octanol–water partition coefficient (Wildman–Crippen LogP) is 3.26. The van der Waals surface area contributed by atoms with Crippen molar-refractivity contribution < 1.29 is 9.13 Å². The van der Waals surface area contributed by atoms with Gasteiger partial charge in [-0.05, 0) is 41.3 Å². The molecule has 1 aliphatic carbocycles. The molecule has 3 rings (SSSR count). The first-order chi connectivity index (χ1) is 9.10. The van der Waals surface area contributed by atoms with E-state index in [1.54, 1.807) is 13.2 Å². The fourth-order valence-corrected chi connectivity index (χ4v) is 3.19. The molecule has 0 amide bonds. The third-order valence-electron chi connectivity index (χ3n) is 3.81. The molecule has 102 valence electrons. The second-order valence-corrected chi connectivity index (χ2v) is 5.77. The Labute approximate surface area is 118 Å². The van der Waals surface area contributed by atoms with Crippen LogP contribution in [0, 0.1) is 5.82 Å². The fourth-order valence-electron chi connectivity index (χ4n) is 2.86. The Hall–Kier alpha value is -1.14. The predicted molar refractivity (Wildman–Crippen MR) is 75.5 cm³/mol. The minimum absolute atomic E-state index is 0.269. The summed E-state index contributed by atoms with van der Waals surface area (Å²) >= 11 is 3.21.